The zero-order valence-electron chi connectivity index (χ0n) is 24.3. The maximum Gasteiger partial charge on any atom is 0.0479 e. The quantitative estimate of drug-likeness (QED) is 0.201. The van der Waals surface area contributed by atoms with E-state index in [0.29, 0.717) is 11.8 Å². The van der Waals surface area contributed by atoms with Crippen LogP contribution in [0.2, 0.25) is 0 Å². The summed E-state index contributed by atoms with van der Waals surface area (Å²) in [6, 6.07) is 43.5. The summed E-state index contributed by atoms with van der Waals surface area (Å²) in [5.41, 5.74) is 7.14. The molecule has 39 heavy (non-hydrogen) atoms. The minimum Gasteiger partial charge on any atom is -0.372 e. The fourth-order valence-electron chi connectivity index (χ4n) is 7.67. The molecule has 0 aromatic heterocycles. The molecular formula is C38H45N. The Kier molecular flexibility index (Phi) is 8.26. The monoisotopic (exact) mass is 515 g/mol. The van der Waals surface area contributed by atoms with E-state index in [1.54, 1.807) is 0 Å². The van der Waals surface area contributed by atoms with E-state index in [9.17, 15) is 0 Å². The predicted octanol–water partition coefficient (Wildman–Crippen LogP) is 9.65. The molecule has 5 rings (SSSR count). The molecule has 0 amide bonds. The van der Waals surface area contributed by atoms with Gasteiger partial charge in [-0.05, 0) is 91.2 Å². The first-order valence-corrected chi connectivity index (χ1v) is 15.1. The third kappa shape index (κ3) is 4.93. The molecule has 0 bridgehead atoms. The second-order valence-electron chi connectivity index (χ2n) is 11.7. The molecule has 1 nitrogen and oxygen atoms in total. The molecule has 4 aromatic rings. The van der Waals surface area contributed by atoms with E-state index in [4.69, 9.17) is 0 Å². The summed E-state index contributed by atoms with van der Waals surface area (Å²) in [4.78, 5) is 2.44. The number of nitrogens with zero attached hydrogens (tertiary/aromatic N) is 1. The minimum absolute atomic E-state index is 0.167. The smallest absolute Gasteiger partial charge is 0.0479 e. The van der Waals surface area contributed by atoms with E-state index >= 15 is 0 Å². The van der Waals surface area contributed by atoms with Gasteiger partial charge < -0.3 is 4.90 Å². The SMILES string of the molecule is CCN(CC)c1ccc(C2(C(C)C)CCC(C(c3ccccc3)(c3ccccc3)c3ccccc3)CC2)cc1. The van der Waals surface area contributed by atoms with Crippen molar-refractivity contribution in [2.75, 3.05) is 18.0 Å². The Morgan fingerprint density at radius 3 is 1.41 bits per heavy atom. The zero-order chi connectivity index (χ0) is 27.3. The summed E-state index contributed by atoms with van der Waals surface area (Å²) in [6.07, 6.45) is 4.84. The maximum absolute atomic E-state index is 2.44. The molecule has 0 N–H and O–H groups in total. The minimum atomic E-state index is -0.167. The van der Waals surface area contributed by atoms with Crippen molar-refractivity contribution in [3.8, 4) is 0 Å². The molecular weight excluding hydrogens is 470 g/mol. The van der Waals surface area contributed by atoms with E-state index in [1.165, 1.54) is 53.6 Å². The Labute approximate surface area is 236 Å². The Hall–Kier alpha value is -3.32. The van der Waals surface area contributed by atoms with Gasteiger partial charge in [0.15, 0.2) is 0 Å². The molecule has 0 radical (unpaired) electrons. The van der Waals surface area contributed by atoms with Crippen molar-refractivity contribution in [1.29, 1.82) is 0 Å². The molecule has 4 aromatic carbocycles. The van der Waals surface area contributed by atoms with Crippen LogP contribution in [0.1, 0.15) is 75.6 Å². The van der Waals surface area contributed by atoms with Crippen LogP contribution in [0.25, 0.3) is 0 Å². The third-order valence-corrected chi connectivity index (χ3v) is 9.85. The molecule has 202 valence electrons. The van der Waals surface area contributed by atoms with Gasteiger partial charge in [-0.3, -0.25) is 0 Å². The summed E-state index contributed by atoms with van der Waals surface area (Å²) >= 11 is 0. The Balaban J connectivity index is 1.56. The van der Waals surface area contributed by atoms with Gasteiger partial charge in [0.05, 0.1) is 0 Å². The van der Waals surface area contributed by atoms with Gasteiger partial charge in [-0.2, -0.15) is 0 Å². The van der Waals surface area contributed by atoms with Crippen LogP contribution in [0, 0.1) is 11.8 Å². The van der Waals surface area contributed by atoms with Crippen LogP contribution in [-0.4, -0.2) is 13.1 Å². The second-order valence-corrected chi connectivity index (χ2v) is 11.7. The molecule has 0 saturated heterocycles. The molecule has 1 aliphatic rings. The Morgan fingerprint density at radius 1 is 0.641 bits per heavy atom. The molecule has 1 aliphatic carbocycles. The molecule has 0 heterocycles. The summed E-state index contributed by atoms with van der Waals surface area (Å²) in [5, 5.41) is 0. The average molecular weight is 516 g/mol. The van der Waals surface area contributed by atoms with Crippen LogP contribution >= 0.6 is 0 Å². The first-order chi connectivity index (χ1) is 19.1. The molecule has 0 unspecified atom stereocenters. The largest absolute Gasteiger partial charge is 0.372 e. The topological polar surface area (TPSA) is 3.24 Å². The Morgan fingerprint density at radius 2 is 1.05 bits per heavy atom. The van der Waals surface area contributed by atoms with Gasteiger partial charge in [0, 0.05) is 24.2 Å². The molecule has 1 saturated carbocycles. The predicted molar refractivity (Wildman–Crippen MR) is 168 cm³/mol. The van der Waals surface area contributed by atoms with Crippen LogP contribution < -0.4 is 4.90 Å². The van der Waals surface area contributed by atoms with E-state index in [-0.39, 0.29) is 10.8 Å². The Bertz CT molecular complexity index is 1180. The summed E-state index contributed by atoms with van der Waals surface area (Å²) in [5.74, 6) is 1.11. The van der Waals surface area contributed by atoms with Gasteiger partial charge in [-0.15, -0.1) is 0 Å². The lowest BCUT2D eigenvalue weighted by molar-refractivity contribution is 0.147. The first-order valence-electron chi connectivity index (χ1n) is 15.1. The van der Waals surface area contributed by atoms with Gasteiger partial charge in [0.2, 0.25) is 0 Å². The highest BCUT2D eigenvalue weighted by molar-refractivity contribution is 5.52. The van der Waals surface area contributed by atoms with Gasteiger partial charge in [0.25, 0.3) is 0 Å². The van der Waals surface area contributed by atoms with Crippen LogP contribution in [0.5, 0.6) is 0 Å². The number of benzene rings is 4. The lowest BCUT2D eigenvalue weighted by Crippen LogP contribution is -2.44. The molecule has 0 aliphatic heterocycles. The highest BCUT2D eigenvalue weighted by Crippen LogP contribution is 2.55. The zero-order valence-corrected chi connectivity index (χ0v) is 24.3. The number of anilines is 1. The fourth-order valence-corrected chi connectivity index (χ4v) is 7.67. The summed E-state index contributed by atoms with van der Waals surface area (Å²) < 4.78 is 0. The number of rotatable bonds is 9. The standard InChI is InChI=1S/C38H45N/c1-5-39(6-2)36-24-22-31(23-25-36)37(30(3)4)28-26-35(27-29-37)38(32-16-10-7-11-17-32,33-18-12-8-13-19-33)34-20-14-9-15-21-34/h7-25,30,35H,5-6,26-29H2,1-4H3. The highest BCUT2D eigenvalue weighted by Gasteiger charge is 2.48. The van der Waals surface area contributed by atoms with Crippen LogP contribution in [-0.2, 0) is 10.8 Å². The van der Waals surface area contributed by atoms with Crippen molar-refractivity contribution in [2.45, 2.75) is 64.2 Å². The van der Waals surface area contributed by atoms with Gasteiger partial charge in [-0.25, -0.2) is 0 Å². The third-order valence-electron chi connectivity index (χ3n) is 9.85. The lowest BCUT2D eigenvalue weighted by atomic mass is 9.53. The first kappa shape index (κ1) is 27.3. The van der Waals surface area contributed by atoms with Crippen molar-refractivity contribution < 1.29 is 0 Å². The number of hydrogen-bond acceptors (Lipinski definition) is 1. The fraction of sp³-hybridized carbons (Fsp3) is 0.368. The number of hydrogen-bond donors (Lipinski definition) is 0. The average Bonchev–Trinajstić information content (AvgIpc) is 3.00. The van der Waals surface area contributed by atoms with E-state index < -0.39 is 0 Å². The van der Waals surface area contributed by atoms with Crippen molar-refractivity contribution in [3.05, 3.63) is 138 Å². The van der Waals surface area contributed by atoms with E-state index in [1.807, 2.05) is 0 Å². The van der Waals surface area contributed by atoms with Crippen LogP contribution in [0.4, 0.5) is 5.69 Å². The van der Waals surface area contributed by atoms with E-state index in [0.717, 1.165) is 13.1 Å². The lowest BCUT2D eigenvalue weighted by Gasteiger charge is -2.50. The molecule has 1 heteroatoms. The van der Waals surface area contributed by atoms with Gasteiger partial charge >= 0.3 is 0 Å². The molecule has 0 atom stereocenters. The van der Waals surface area contributed by atoms with Crippen molar-refractivity contribution in [2.24, 2.45) is 11.8 Å². The highest BCUT2D eigenvalue weighted by atomic mass is 15.1. The summed E-state index contributed by atoms with van der Waals surface area (Å²) in [7, 11) is 0. The van der Waals surface area contributed by atoms with Gasteiger partial charge in [-0.1, -0.05) is 117 Å². The maximum atomic E-state index is 2.44. The van der Waals surface area contributed by atoms with Crippen molar-refractivity contribution in [3.63, 3.8) is 0 Å². The second kappa shape index (κ2) is 11.8. The molecule has 0 spiro atoms. The van der Waals surface area contributed by atoms with Crippen LogP contribution in [0.15, 0.2) is 115 Å². The summed E-state index contributed by atoms with van der Waals surface area (Å²) in [6.45, 7) is 11.5. The van der Waals surface area contributed by atoms with E-state index in [2.05, 4.69) is 148 Å². The van der Waals surface area contributed by atoms with Crippen molar-refractivity contribution in [1.82, 2.24) is 0 Å². The van der Waals surface area contributed by atoms with Gasteiger partial charge in [0.1, 0.15) is 0 Å². The van der Waals surface area contributed by atoms with Crippen molar-refractivity contribution >= 4 is 5.69 Å². The van der Waals surface area contributed by atoms with Crippen LogP contribution in [0.3, 0.4) is 0 Å². The normalized spacial score (nSPS) is 19.7. The molecule has 1 fully saturated rings.